The van der Waals surface area contributed by atoms with E-state index in [0.717, 1.165) is 5.69 Å². The Morgan fingerprint density at radius 2 is 2.36 bits per heavy atom. The van der Waals surface area contributed by atoms with E-state index < -0.39 is 0 Å². The van der Waals surface area contributed by atoms with Crippen molar-refractivity contribution in [3.05, 3.63) is 40.9 Å². The fourth-order valence-corrected chi connectivity index (χ4v) is 2.83. The lowest BCUT2D eigenvalue weighted by Gasteiger charge is -2.32. The van der Waals surface area contributed by atoms with Gasteiger partial charge in [-0.2, -0.15) is 5.10 Å². The molecule has 1 fully saturated rings. The van der Waals surface area contributed by atoms with Crippen molar-refractivity contribution in [3.8, 4) is 0 Å². The number of halogens is 1. The first-order valence-electron chi connectivity index (χ1n) is 6.96. The van der Waals surface area contributed by atoms with Crippen LogP contribution in [-0.2, 0) is 11.8 Å². The van der Waals surface area contributed by atoms with E-state index in [1.165, 1.54) is 0 Å². The number of H-pyrrole nitrogens is 1. The van der Waals surface area contributed by atoms with Crippen LogP contribution in [0.25, 0.3) is 0 Å². The topological polar surface area (TPSA) is 91.8 Å². The number of aryl methyl sites for hydroxylation is 1. The molecule has 0 aromatic carbocycles. The molecule has 0 aliphatic carbocycles. The van der Waals surface area contributed by atoms with Gasteiger partial charge in [-0.3, -0.25) is 14.3 Å². The van der Waals surface area contributed by atoms with E-state index in [9.17, 15) is 9.59 Å². The summed E-state index contributed by atoms with van der Waals surface area (Å²) in [7, 11) is 1.81. The van der Waals surface area contributed by atoms with Gasteiger partial charge in [-0.1, -0.05) is 11.6 Å². The second kappa shape index (κ2) is 5.84. The highest BCUT2D eigenvalue weighted by molar-refractivity contribution is 6.30. The summed E-state index contributed by atoms with van der Waals surface area (Å²) in [5.41, 5.74) is 1.24. The second-order valence-electron chi connectivity index (χ2n) is 5.28. The predicted octanol–water partition coefficient (Wildman–Crippen LogP) is 1.15. The number of aromatic nitrogens is 3. The lowest BCUT2D eigenvalue weighted by Crippen LogP contribution is -2.50. The van der Waals surface area contributed by atoms with Crippen molar-refractivity contribution >= 4 is 23.4 Å². The zero-order valence-corrected chi connectivity index (χ0v) is 12.7. The number of nitrogens with one attached hydrogen (secondary N) is 3. The van der Waals surface area contributed by atoms with E-state index in [-0.39, 0.29) is 23.9 Å². The summed E-state index contributed by atoms with van der Waals surface area (Å²) in [4.78, 5) is 26.8. The summed E-state index contributed by atoms with van der Waals surface area (Å²) in [5.74, 6) is -0.278. The molecule has 3 rings (SSSR count). The number of aromatic amines is 1. The van der Waals surface area contributed by atoms with E-state index in [2.05, 4.69) is 20.7 Å². The molecule has 0 spiro atoms. The standard InChI is InChI=1S/C14H16ClN5O2/c1-20-11(4-5-17-20)13-9(2-3-12(21)19-13)18-14(22)10-6-8(15)7-16-10/h4-7,9,13,16H,2-3H2,1H3,(H,18,22)(H,19,21)/t9-,13-/m1/s1. The van der Waals surface area contributed by atoms with Gasteiger partial charge in [0.15, 0.2) is 0 Å². The summed E-state index contributed by atoms with van der Waals surface area (Å²) in [6.45, 7) is 0. The van der Waals surface area contributed by atoms with Crippen molar-refractivity contribution in [2.24, 2.45) is 7.05 Å². The molecule has 1 aliphatic heterocycles. The maximum atomic E-state index is 12.3. The first-order valence-corrected chi connectivity index (χ1v) is 7.34. The van der Waals surface area contributed by atoms with Crippen molar-refractivity contribution < 1.29 is 9.59 Å². The monoisotopic (exact) mass is 321 g/mol. The highest BCUT2D eigenvalue weighted by Gasteiger charge is 2.33. The summed E-state index contributed by atoms with van der Waals surface area (Å²) in [6.07, 6.45) is 4.17. The molecule has 0 unspecified atom stereocenters. The van der Waals surface area contributed by atoms with E-state index in [0.29, 0.717) is 23.6 Å². The minimum Gasteiger partial charge on any atom is -0.356 e. The molecule has 1 saturated heterocycles. The van der Waals surface area contributed by atoms with Gasteiger partial charge in [-0.25, -0.2) is 0 Å². The number of carbonyl (C=O) groups excluding carboxylic acids is 2. The Balaban J connectivity index is 1.79. The van der Waals surface area contributed by atoms with Gasteiger partial charge in [0.05, 0.1) is 22.8 Å². The number of hydrogen-bond donors (Lipinski definition) is 3. The molecule has 0 saturated carbocycles. The van der Waals surface area contributed by atoms with Crippen molar-refractivity contribution in [3.63, 3.8) is 0 Å². The molecule has 2 amide bonds. The van der Waals surface area contributed by atoms with Crippen molar-refractivity contribution in [2.45, 2.75) is 24.9 Å². The van der Waals surface area contributed by atoms with Crippen molar-refractivity contribution in [2.75, 3.05) is 0 Å². The molecular formula is C14H16ClN5O2. The Kier molecular flexibility index (Phi) is 3.89. The Morgan fingerprint density at radius 1 is 1.55 bits per heavy atom. The van der Waals surface area contributed by atoms with Gasteiger partial charge in [0, 0.05) is 25.9 Å². The third kappa shape index (κ3) is 2.85. The van der Waals surface area contributed by atoms with Crippen LogP contribution in [0.1, 0.15) is 35.1 Å². The van der Waals surface area contributed by atoms with Crippen LogP contribution in [0.3, 0.4) is 0 Å². The van der Waals surface area contributed by atoms with Crippen LogP contribution in [0.15, 0.2) is 24.5 Å². The van der Waals surface area contributed by atoms with Gasteiger partial charge in [-0.05, 0) is 18.6 Å². The smallest absolute Gasteiger partial charge is 0.268 e. The predicted molar refractivity (Wildman–Crippen MR) is 80.4 cm³/mol. The van der Waals surface area contributed by atoms with Gasteiger partial charge in [0.1, 0.15) is 5.69 Å². The first-order chi connectivity index (χ1) is 10.5. The third-order valence-corrected chi connectivity index (χ3v) is 4.01. The van der Waals surface area contributed by atoms with Gasteiger partial charge in [0.25, 0.3) is 5.91 Å². The summed E-state index contributed by atoms with van der Waals surface area (Å²) >= 11 is 5.82. The molecule has 1 aliphatic rings. The summed E-state index contributed by atoms with van der Waals surface area (Å²) in [6, 6.07) is 2.89. The van der Waals surface area contributed by atoms with Crippen LogP contribution in [0.4, 0.5) is 0 Å². The third-order valence-electron chi connectivity index (χ3n) is 3.79. The van der Waals surface area contributed by atoms with Crippen LogP contribution < -0.4 is 10.6 Å². The maximum Gasteiger partial charge on any atom is 0.268 e. The molecule has 2 aromatic rings. The molecule has 7 nitrogen and oxygen atoms in total. The average Bonchev–Trinajstić information content (AvgIpc) is 3.09. The van der Waals surface area contributed by atoms with Crippen LogP contribution in [0, 0.1) is 0 Å². The normalized spacial score (nSPS) is 21.5. The highest BCUT2D eigenvalue weighted by atomic mass is 35.5. The van der Waals surface area contributed by atoms with E-state index in [1.807, 2.05) is 6.07 Å². The number of carbonyl (C=O) groups is 2. The molecule has 0 bridgehead atoms. The fraction of sp³-hybridized carbons (Fsp3) is 0.357. The molecule has 8 heteroatoms. The Hall–Kier alpha value is -2.28. The molecule has 22 heavy (non-hydrogen) atoms. The molecule has 116 valence electrons. The lowest BCUT2D eigenvalue weighted by molar-refractivity contribution is -0.123. The van der Waals surface area contributed by atoms with Crippen LogP contribution in [0.2, 0.25) is 5.02 Å². The number of piperidine rings is 1. The number of amides is 2. The average molecular weight is 322 g/mol. The number of rotatable bonds is 3. The minimum absolute atomic E-state index is 0.0281. The highest BCUT2D eigenvalue weighted by Crippen LogP contribution is 2.24. The summed E-state index contributed by atoms with van der Waals surface area (Å²) in [5, 5.41) is 10.5. The van der Waals surface area contributed by atoms with E-state index in [1.54, 1.807) is 30.2 Å². The Labute approximate surface area is 132 Å². The zero-order valence-electron chi connectivity index (χ0n) is 12.0. The van der Waals surface area contributed by atoms with Gasteiger partial charge < -0.3 is 15.6 Å². The Morgan fingerprint density at radius 3 is 3.00 bits per heavy atom. The molecular weight excluding hydrogens is 306 g/mol. The van der Waals surface area contributed by atoms with Crippen molar-refractivity contribution in [1.29, 1.82) is 0 Å². The van der Waals surface area contributed by atoms with Crippen LogP contribution in [0.5, 0.6) is 0 Å². The SMILES string of the molecule is Cn1nccc1[C@@H]1NC(=O)CC[C@H]1NC(=O)c1cc(Cl)c[nH]1. The zero-order chi connectivity index (χ0) is 15.7. The van der Waals surface area contributed by atoms with Gasteiger partial charge in [-0.15, -0.1) is 0 Å². The molecule has 0 radical (unpaired) electrons. The number of hydrogen-bond acceptors (Lipinski definition) is 3. The van der Waals surface area contributed by atoms with Gasteiger partial charge >= 0.3 is 0 Å². The van der Waals surface area contributed by atoms with Crippen molar-refractivity contribution in [1.82, 2.24) is 25.4 Å². The quantitative estimate of drug-likeness (QED) is 0.792. The summed E-state index contributed by atoms with van der Waals surface area (Å²) < 4.78 is 1.70. The van der Waals surface area contributed by atoms with Crippen LogP contribution >= 0.6 is 11.6 Å². The van der Waals surface area contributed by atoms with Crippen LogP contribution in [-0.4, -0.2) is 32.6 Å². The van der Waals surface area contributed by atoms with E-state index in [4.69, 9.17) is 11.6 Å². The molecule has 3 N–H and O–H groups in total. The number of nitrogens with zero attached hydrogens (tertiary/aromatic N) is 2. The molecule has 2 atom stereocenters. The molecule has 2 aromatic heterocycles. The first kappa shape index (κ1) is 14.6. The largest absolute Gasteiger partial charge is 0.356 e. The fourth-order valence-electron chi connectivity index (χ4n) is 2.67. The minimum atomic E-state index is -0.303. The maximum absolute atomic E-state index is 12.3. The lowest BCUT2D eigenvalue weighted by atomic mass is 9.95. The Bertz CT molecular complexity index is 708. The van der Waals surface area contributed by atoms with E-state index >= 15 is 0 Å². The van der Waals surface area contributed by atoms with Gasteiger partial charge in [0.2, 0.25) is 5.91 Å². The second-order valence-corrected chi connectivity index (χ2v) is 5.71. The molecule has 3 heterocycles.